The van der Waals surface area contributed by atoms with E-state index in [2.05, 4.69) is 10.6 Å². The molecule has 0 spiro atoms. The number of imide groups is 1. The third kappa shape index (κ3) is 2.90. The molecule has 1 aliphatic carbocycles. The van der Waals surface area contributed by atoms with Crippen molar-refractivity contribution >= 4 is 12.4 Å². The minimum absolute atomic E-state index is 0.263. The first-order chi connectivity index (χ1) is 5.83. The molecule has 2 N–H and O–H groups in total. The minimum atomic E-state index is -0.378. The van der Waals surface area contributed by atoms with Gasteiger partial charge in [-0.3, -0.25) is 10.1 Å². The molecule has 1 fully saturated rings. The van der Waals surface area contributed by atoms with Crippen molar-refractivity contribution in [1.29, 1.82) is 0 Å². The van der Waals surface area contributed by atoms with E-state index in [0.717, 1.165) is 12.8 Å². The Kier molecular flexibility index (Phi) is 3.57. The highest BCUT2D eigenvalue weighted by atomic mass is 16.2. The molecule has 0 aromatic carbocycles. The molecule has 1 rings (SSSR count). The molecule has 0 heterocycles. The Hall–Kier alpha value is -1.06. The highest BCUT2D eigenvalue weighted by Crippen LogP contribution is 2.16. The summed E-state index contributed by atoms with van der Waals surface area (Å²) in [5.74, 6) is 0. The normalized spacial score (nSPS) is 18.3. The first-order valence-electron chi connectivity index (χ1n) is 4.33. The number of hydrogen-bond acceptors (Lipinski definition) is 2. The highest BCUT2D eigenvalue weighted by molar-refractivity contribution is 5.84. The van der Waals surface area contributed by atoms with Crippen LogP contribution < -0.4 is 10.6 Å². The molecule has 3 amide bonds. The Morgan fingerprint density at radius 1 is 1.25 bits per heavy atom. The second-order valence-corrected chi connectivity index (χ2v) is 3.07. The van der Waals surface area contributed by atoms with E-state index in [9.17, 15) is 9.59 Å². The lowest BCUT2D eigenvalue weighted by Crippen LogP contribution is -2.42. The van der Waals surface area contributed by atoms with E-state index in [1.54, 1.807) is 0 Å². The predicted molar refractivity (Wildman–Crippen MR) is 44.6 cm³/mol. The van der Waals surface area contributed by atoms with Gasteiger partial charge in [-0.15, -0.1) is 0 Å². The molecule has 0 unspecified atom stereocenters. The number of urea groups is 1. The molecule has 4 nitrogen and oxygen atoms in total. The van der Waals surface area contributed by atoms with Gasteiger partial charge in [-0.1, -0.05) is 19.3 Å². The molecular formula is C8H14N2O2. The molecule has 0 aromatic heterocycles. The fourth-order valence-corrected chi connectivity index (χ4v) is 1.53. The number of carbonyl (C=O) groups is 2. The van der Waals surface area contributed by atoms with Crippen LogP contribution in [-0.2, 0) is 4.79 Å². The van der Waals surface area contributed by atoms with Crippen LogP contribution in [0.5, 0.6) is 0 Å². The first-order valence-corrected chi connectivity index (χ1v) is 4.33. The largest absolute Gasteiger partial charge is 0.335 e. The summed E-state index contributed by atoms with van der Waals surface area (Å²) in [5.41, 5.74) is 0. The molecule has 0 radical (unpaired) electrons. The predicted octanol–water partition coefficient (Wildman–Crippen LogP) is 0.775. The maximum absolute atomic E-state index is 10.9. The van der Waals surface area contributed by atoms with Gasteiger partial charge in [0.1, 0.15) is 0 Å². The Labute approximate surface area is 71.7 Å². The van der Waals surface area contributed by atoms with Crippen LogP contribution in [-0.4, -0.2) is 18.5 Å². The molecule has 1 saturated carbocycles. The van der Waals surface area contributed by atoms with Gasteiger partial charge in [-0.05, 0) is 12.8 Å². The second kappa shape index (κ2) is 4.74. The Morgan fingerprint density at radius 2 is 1.92 bits per heavy atom. The summed E-state index contributed by atoms with van der Waals surface area (Å²) in [4.78, 5) is 20.7. The van der Waals surface area contributed by atoms with Crippen LogP contribution in [0.25, 0.3) is 0 Å². The van der Waals surface area contributed by atoms with Crippen LogP contribution in [0.15, 0.2) is 0 Å². The summed E-state index contributed by atoms with van der Waals surface area (Å²) in [5, 5.41) is 4.80. The van der Waals surface area contributed by atoms with Crippen molar-refractivity contribution in [3.8, 4) is 0 Å². The first kappa shape index (κ1) is 9.03. The molecule has 0 aliphatic heterocycles. The van der Waals surface area contributed by atoms with Gasteiger partial charge in [-0.2, -0.15) is 0 Å². The fraction of sp³-hybridized carbons (Fsp3) is 0.750. The second-order valence-electron chi connectivity index (χ2n) is 3.07. The van der Waals surface area contributed by atoms with Gasteiger partial charge in [-0.25, -0.2) is 4.79 Å². The highest BCUT2D eigenvalue weighted by Gasteiger charge is 2.14. The summed E-state index contributed by atoms with van der Waals surface area (Å²) >= 11 is 0. The molecule has 0 atom stereocenters. The SMILES string of the molecule is O=CNC(=O)NC1CCCCC1. The lowest BCUT2D eigenvalue weighted by atomic mass is 9.96. The molecule has 1 aliphatic rings. The van der Waals surface area contributed by atoms with E-state index in [4.69, 9.17) is 0 Å². The lowest BCUT2D eigenvalue weighted by molar-refractivity contribution is -0.108. The van der Waals surface area contributed by atoms with Crippen LogP contribution in [0, 0.1) is 0 Å². The number of rotatable bonds is 2. The molecule has 4 heteroatoms. The fourth-order valence-electron chi connectivity index (χ4n) is 1.53. The zero-order valence-electron chi connectivity index (χ0n) is 7.01. The number of amides is 3. The Morgan fingerprint density at radius 3 is 2.50 bits per heavy atom. The Bertz CT molecular complexity index is 164. The number of nitrogens with one attached hydrogen (secondary N) is 2. The summed E-state index contributed by atoms with van der Waals surface area (Å²) < 4.78 is 0. The van der Waals surface area contributed by atoms with Crippen molar-refractivity contribution in [2.45, 2.75) is 38.1 Å². The third-order valence-corrected chi connectivity index (χ3v) is 2.13. The molecular weight excluding hydrogens is 156 g/mol. The van der Waals surface area contributed by atoms with Crippen molar-refractivity contribution in [3.63, 3.8) is 0 Å². The van der Waals surface area contributed by atoms with Gasteiger partial charge >= 0.3 is 6.03 Å². The van der Waals surface area contributed by atoms with Crippen molar-refractivity contribution in [1.82, 2.24) is 10.6 Å². The quantitative estimate of drug-likeness (QED) is 0.601. The van der Waals surface area contributed by atoms with E-state index in [0.29, 0.717) is 6.41 Å². The standard InChI is InChI=1S/C8H14N2O2/c11-6-9-8(12)10-7-4-2-1-3-5-7/h6-7H,1-5H2,(H2,9,10,11,12). The van der Waals surface area contributed by atoms with Crippen LogP contribution in [0.2, 0.25) is 0 Å². The van der Waals surface area contributed by atoms with Gasteiger partial charge < -0.3 is 5.32 Å². The van der Waals surface area contributed by atoms with Crippen LogP contribution >= 0.6 is 0 Å². The van der Waals surface area contributed by atoms with Crippen molar-refractivity contribution < 1.29 is 9.59 Å². The van der Waals surface area contributed by atoms with Crippen LogP contribution in [0.3, 0.4) is 0 Å². The average molecular weight is 170 g/mol. The summed E-state index contributed by atoms with van der Waals surface area (Å²) in [6.45, 7) is 0. The lowest BCUT2D eigenvalue weighted by Gasteiger charge is -2.22. The van der Waals surface area contributed by atoms with Crippen molar-refractivity contribution in [3.05, 3.63) is 0 Å². The Balaban J connectivity index is 2.19. The van der Waals surface area contributed by atoms with Gasteiger partial charge in [0.15, 0.2) is 0 Å². The van der Waals surface area contributed by atoms with E-state index in [1.807, 2.05) is 0 Å². The van der Waals surface area contributed by atoms with Crippen molar-refractivity contribution in [2.75, 3.05) is 0 Å². The molecule has 0 aromatic rings. The number of carbonyl (C=O) groups excluding carboxylic acids is 2. The monoisotopic (exact) mass is 170 g/mol. The zero-order chi connectivity index (χ0) is 8.81. The smallest absolute Gasteiger partial charge is 0.321 e. The van der Waals surface area contributed by atoms with E-state index < -0.39 is 0 Å². The number of hydrogen-bond donors (Lipinski definition) is 2. The molecule has 0 saturated heterocycles. The summed E-state index contributed by atoms with van der Waals surface area (Å²) in [6, 6.07) is -0.115. The van der Waals surface area contributed by atoms with Gasteiger partial charge in [0.25, 0.3) is 0 Å². The van der Waals surface area contributed by atoms with E-state index >= 15 is 0 Å². The molecule has 0 bridgehead atoms. The average Bonchev–Trinajstić information content (AvgIpc) is 2.06. The molecule has 68 valence electrons. The third-order valence-electron chi connectivity index (χ3n) is 2.13. The van der Waals surface area contributed by atoms with Gasteiger partial charge in [0.05, 0.1) is 0 Å². The summed E-state index contributed by atoms with van der Waals surface area (Å²) in [7, 11) is 0. The van der Waals surface area contributed by atoms with Crippen LogP contribution in [0.4, 0.5) is 4.79 Å². The topological polar surface area (TPSA) is 58.2 Å². The zero-order valence-corrected chi connectivity index (χ0v) is 7.01. The van der Waals surface area contributed by atoms with Crippen LogP contribution in [0.1, 0.15) is 32.1 Å². The maximum Gasteiger partial charge on any atom is 0.321 e. The maximum atomic E-state index is 10.9. The van der Waals surface area contributed by atoms with E-state index in [1.165, 1.54) is 19.3 Å². The summed E-state index contributed by atoms with van der Waals surface area (Å²) in [6.07, 6.45) is 6.07. The van der Waals surface area contributed by atoms with Gasteiger partial charge in [0.2, 0.25) is 6.41 Å². The van der Waals surface area contributed by atoms with Crippen molar-refractivity contribution in [2.24, 2.45) is 0 Å². The minimum Gasteiger partial charge on any atom is -0.335 e. The van der Waals surface area contributed by atoms with E-state index in [-0.39, 0.29) is 12.1 Å². The van der Waals surface area contributed by atoms with Gasteiger partial charge in [0, 0.05) is 6.04 Å². The molecule has 12 heavy (non-hydrogen) atoms.